The predicted octanol–water partition coefficient (Wildman–Crippen LogP) is 9.82. The summed E-state index contributed by atoms with van der Waals surface area (Å²) in [4.78, 5) is 11.9. The van der Waals surface area contributed by atoms with Gasteiger partial charge in [0.2, 0.25) is 6.41 Å². The van der Waals surface area contributed by atoms with E-state index >= 15 is 0 Å². The Balaban J connectivity index is 1.46. The zero-order chi connectivity index (χ0) is 30.1. The number of amides is 1. The summed E-state index contributed by atoms with van der Waals surface area (Å²) in [5.74, 6) is 0.486. The molecular formula is C42H37NO. The van der Waals surface area contributed by atoms with Crippen molar-refractivity contribution < 1.29 is 4.79 Å². The van der Waals surface area contributed by atoms with E-state index in [1.807, 2.05) is 0 Å². The molecule has 0 fully saturated rings. The molecule has 2 nitrogen and oxygen atoms in total. The number of para-hydroxylation sites is 1. The van der Waals surface area contributed by atoms with Gasteiger partial charge in [-0.1, -0.05) is 136 Å². The minimum absolute atomic E-state index is 0.203. The molecule has 2 bridgehead atoms. The standard InChI is InChI=1S/C42H37NO/c1-27-21-22-32-30-14-6-8-17-35(30)42(39(32)24-27)36-18-9-7-15-31(36)34-25-28-12-4-5-13-29(28)33-16-10-19-38(40(33)43-26-44)41(2,3)23-11-20-37(34)42/h4-22,26-27H,23-25H2,1-3H3,(H,43,44)/b20-11-. The monoisotopic (exact) mass is 571 g/mol. The highest BCUT2D eigenvalue weighted by Crippen LogP contribution is 2.63. The molecule has 4 aromatic rings. The molecule has 216 valence electrons. The molecule has 8 rings (SSSR count). The van der Waals surface area contributed by atoms with Gasteiger partial charge in [0.15, 0.2) is 0 Å². The van der Waals surface area contributed by atoms with Crippen molar-refractivity contribution in [3.63, 3.8) is 0 Å². The van der Waals surface area contributed by atoms with Crippen molar-refractivity contribution in [1.29, 1.82) is 0 Å². The summed E-state index contributed by atoms with van der Waals surface area (Å²) in [6, 6.07) is 33.5. The molecule has 44 heavy (non-hydrogen) atoms. The van der Waals surface area contributed by atoms with Crippen LogP contribution in [0, 0.1) is 5.92 Å². The van der Waals surface area contributed by atoms with Gasteiger partial charge in [-0.05, 0) is 91.8 Å². The molecule has 0 heterocycles. The third-order valence-corrected chi connectivity index (χ3v) is 10.5. The number of nitrogens with one attached hydrogen (secondary N) is 1. The van der Waals surface area contributed by atoms with Crippen molar-refractivity contribution in [3.8, 4) is 11.1 Å². The van der Waals surface area contributed by atoms with Crippen molar-refractivity contribution >= 4 is 23.2 Å². The zero-order valence-electron chi connectivity index (χ0n) is 25.7. The van der Waals surface area contributed by atoms with Gasteiger partial charge >= 0.3 is 0 Å². The Bertz CT molecular complexity index is 1980. The van der Waals surface area contributed by atoms with Gasteiger partial charge < -0.3 is 5.32 Å². The number of fused-ring (bicyclic) bond motifs is 12. The van der Waals surface area contributed by atoms with Gasteiger partial charge in [0.05, 0.1) is 11.1 Å². The van der Waals surface area contributed by atoms with Gasteiger partial charge in [-0.2, -0.15) is 0 Å². The van der Waals surface area contributed by atoms with Crippen LogP contribution in [-0.2, 0) is 22.0 Å². The summed E-state index contributed by atoms with van der Waals surface area (Å²) in [6.45, 7) is 6.93. The quantitative estimate of drug-likeness (QED) is 0.238. The highest BCUT2D eigenvalue weighted by molar-refractivity contribution is 5.98. The number of hydrogen-bond donors (Lipinski definition) is 1. The summed E-state index contributed by atoms with van der Waals surface area (Å²) in [5, 5.41) is 3.11. The van der Waals surface area contributed by atoms with Gasteiger partial charge in [0.1, 0.15) is 0 Å². The van der Waals surface area contributed by atoms with E-state index in [2.05, 4.69) is 141 Å². The average Bonchev–Trinajstić information content (AvgIpc) is 3.47. The van der Waals surface area contributed by atoms with Crippen molar-refractivity contribution in [3.05, 3.63) is 160 Å². The van der Waals surface area contributed by atoms with E-state index in [0.29, 0.717) is 5.92 Å². The molecule has 2 atom stereocenters. The van der Waals surface area contributed by atoms with Crippen LogP contribution < -0.4 is 5.32 Å². The fourth-order valence-electron chi connectivity index (χ4n) is 8.56. The maximum atomic E-state index is 11.9. The van der Waals surface area contributed by atoms with Crippen molar-refractivity contribution in [2.45, 2.75) is 50.9 Å². The van der Waals surface area contributed by atoms with E-state index < -0.39 is 0 Å². The number of carbonyl (C=O) groups excluding carboxylic acids is 1. The highest BCUT2D eigenvalue weighted by Gasteiger charge is 2.53. The highest BCUT2D eigenvalue weighted by atomic mass is 16.1. The topological polar surface area (TPSA) is 29.1 Å². The molecule has 0 aliphatic heterocycles. The molecule has 1 amide bonds. The molecule has 0 radical (unpaired) electrons. The molecule has 1 spiro atoms. The molecule has 4 aliphatic rings. The van der Waals surface area contributed by atoms with Crippen molar-refractivity contribution in [2.24, 2.45) is 5.92 Å². The molecular weight excluding hydrogens is 534 g/mol. The number of hydrogen-bond acceptors (Lipinski definition) is 1. The summed E-state index contributed by atoms with van der Waals surface area (Å²) >= 11 is 0. The summed E-state index contributed by atoms with van der Waals surface area (Å²) in [5.41, 5.74) is 16.4. The molecule has 0 aromatic heterocycles. The van der Waals surface area contributed by atoms with E-state index in [-0.39, 0.29) is 10.8 Å². The van der Waals surface area contributed by atoms with E-state index in [0.717, 1.165) is 42.5 Å². The maximum Gasteiger partial charge on any atom is 0.211 e. The van der Waals surface area contributed by atoms with E-state index in [1.165, 1.54) is 55.7 Å². The van der Waals surface area contributed by atoms with Crippen LogP contribution >= 0.6 is 0 Å². The van der Waals surface area contributed by atoms with E-state index in [4.69, 9.17) is 0 Å². The van der Waals surface area contributed by atoms with Gasteiger partial charge in [-0.3, -0.25) is 4.79 Å². The molecule has 1 N–H and O–H groups in total. The van der Waals surface area contributed by atoms with Gasteiger partial charge in [-0.25, -0.2) is 0 Å². The van der Waals surface area contributed by atoms with Crippen LogP contribution in [0.5, 0.6) is 0 Å². The summed E-state index contributed by atoms with van der Waals surface area (Å²) < 4.78 is 0. The van der Waals surface area contributed by atoms with Gasteiger partial charge in [0, 0.05) is 5.56 Å². The second-order valence-electron chi connectivity index (χ2n) is 13.5. The first-order valence-corrected chi connectivity index (χ1v) is 15.9. The lowest BCUT2D eigenvalue weighted by Gasteiger charge is -2.36. The number of carbonyl (C=O) groups is 1. The smallest absolute Gasteiger partial charge is 0.211 e. The Hall–Kier alpha value is -4.69. The molecule has 2 heteroatoms. The predicted molar refractivity (Wildman–Crippen MR) is 182 cm³/mol. The first kappa shape index (κ1) is 26.9. The van der Waals surface area contributed by atoms with Crippen LogP contribution in [0.4, 0.5) is 5.69 Å². The lowest BCUT2D eigenvalue weighted by atomic mass is 9.66. The minimum atomic E-state index is -0.310. The van der Waals surface area contributed by atoms with Crippen LogP contribution in [0.2, 0.25) is 0 Å². The molecule has 4 aliphatic carbocycles. The molecule has 0 saturated carbocycles. The van der Waals surface area contributed by atoms with Crippen LogP contribution in [0.3, 0.4) is 0 Å². The Kier molecular flexibility index (Phi) is 6.07. The van der Waals surface area contributed by atoms with Gasteiger partial charge in [0.25, 0.3) is 0 Å². The fourth-order valence-corrected chi connectivity index (χ4v) is 8.56. The SMILES string of the molecule is CC1C=CC2=C(C1)C1(C3=C(Cc4ccccc4-c4cccc(c4NC=O)C(C)(C)C/C=C\3)c3ccccc31)c1ccccc12. The Morgan fingerprint density at radius 2 is 1.41 bits per heavy atom. The van der Waals surface area contributed by atoms with E-state index in [9.17, 15) is 4.79 Å². The Morgan fingerprint density at radius 3 is 2.20 bits per heavy atom. The van der Waals surface area contributed by atoms with Crippen molar-refractivity contribution in [2.75, 3.05) is 5.32 Å². The first-order valence-electron chi connectivity index (χ1n) is 15.9. The lowest BCUT2D eigenvalue weighted by Crippen LogP contribution is -2.29. The van der Waals surface area contributed by atoms with Crippen LogP contribution in [0.15, 0.2) is 126 Å². The van der Waals surface area contributed by atoms with Crippen LogP contribution in [0.25, 0.3) is 22.3 Å². The minimum Gasteiger partial charge on any atom is -0.328 e. The second kappa shape index (κ2) is 9.92. The normalized spacial score (nSPS) is 23.1. The van der Waals surface area contributed by atoms with Gasteiger partial charge in [-0.15, -0.1) is 0 Å². The molecule has 0 saturated heterocycles. The van der Waals surface area contributed by atoms with E-state index in [1.54, 1.807) is 0 Å². The lowest BCUT2D eigenvalue weighted by molar-refractivity contribution is -0.105. The number of anilines is 1. The first-order chi connectivity index (χ1) is 21.4. The number of rotatable bonds is 2. The Labute approximate surface area is 260 Å². The average molecular weight is 572 g/mol. The summed E-state index contributed by atoms with van der Waals surface area (Å²) in [6.07, 6.45) is 13.2. The number of benzene rings is 4. The third-order valence-electron chi connectivity index (χ3n) is 10.5. The van der Waals surface area contributed by atoms with Crippen molar-refractivity contribution in [1.82, 2.24) is 0 Å². The fraction of sp³-hybridized carbons (Fsp3) is 0.214. The van der Waals surface area contributed by atoms with Crippen LogP contribution in [0.1, 0.15) is 67.0 Å². The Morgan fingerprint density at radius 1 is 0.750 bits per heavy atom. The molecule has 4 aromatic carbocycles. The summed E-state index contributed by atoms with van der Waals surface area (Å²) in [7, 11) is 0. The zero-order valence-corrected chi connectivity index (χ0v) is 25.7. The maximum absolute atomic E-state index is 11.9. The number of allylic oxidation sites excluding steroid dienone is 8. The largest absolute Gasteiger partial charge is 0.328 e. The van der Waals surface area contributed by atoms with Crippen LogP contribution in [-0.4, -0.2) is 6.41 Å². The third kappa shape index (κ3) is 3.70. The second-order valence-corrected chi connectivity index (χ2v) is 13.5. The molecule has 2 unspecified atom stereocenters.